The number of carbonyl (C=O) groups is 1. The van der Waals surface area contributed by atoms with Crippen molar-refractivity contribution < 1.29 is 9.53 Å². The average Bonchev–Trinajstić information content (AvgIpc) is 2.26. The van der Waals surface area contributed by atoms with Crippen LogP contribution in [0.3, 0.4) is 0 Å². The largest absolute Gasteiger partial charge is 0.426 e. The van der Waals surface area contributed by atoms with Crippen LogP contribution in [0.25, 0.3) is 0 Å². The number of anilines is 1. The van der Waals surface area contributed by atoms with Gasteiger partial charge in [0.1, 0.15) is 5.75 Å². The highest BCUT2D eigenvalue weighted by atomic mass is 16.5. The SMILES string of the molecule is CC(C)CCNc1cccc(OC(=O)C2CCC2)c1. The summed E-state index contributed by atoms with van der Waals surface area (Å²) in [6, 6.07) is 7.66. The standard InChI is InChI=1S/C16H23NO2/c1-12(2)9-10-17-14-7-4-8-15(11-14)19-16(18)13-5-3-6-13/h4,7-8,11-13,17H,3,5-6,9-10H2,1-2H3. The Morgan fingerprint density at radius 2 is 2.21 bits per heavy atom. The fraction of sp³-hybridized carbons (Fsp3) is 0.562. The van der Waals surface area contributed by atoms with Crippen LogP contribution in [0.15, 0.2) is 24.3 Å². The minimum Gasteiger partial charge on any atom is -0.426 e. The molecule has 1 aliphatic rings. The lowest BCUT2D eigenvalue weighted by Gasteiger charge is -2.23. The first-order valence-electron chi connectivity index (χ1n) is 7.21. The lowest BCUT2D eigenvalue weighted by Crippen LogP contribution is -2.26. The maximum atomic E-state index is 11.8. The Labute approximate surface area is 115 Å². The van der Waals surface area contributed by atoms with Gasteiger partial charge < -0.3 is 10.1 Å². The molecule has 3 heteroatoms. The van der Waals surface area contributed by atoms with E-state index in [0.29, 0.717) is 11.7 Å². The lowest BCUT2D eigenvalue weighted by atomic mass is 9.86. The number of ether oxygens (including phenoxy) is 1. The molecule has 0 aromatic heterocycles. The van der Waals surface area contributed by atoms with E-state index in [2.05, 4.69) is 19.2 Å². The van der Waals surface area contributed by atoms with E-state index in [9.17, 15) is 4.79 Å². The molecule has 1 N–H and O–H groups in total. The van der Waals surface area contributed by atoms with E-state index < -0.39 is 0 Å². The zero-order valence-corrected chi connectivity index (χ0v) is 11.8. The van der Waals surface area contributed by atoms with Gasteiger partial charge in [-0.1, -0.05) is 26.3 Å². The first-order chi connectivity index (χ1) is 9.15. The van der Waals surface area contributed by atoms with E-state index in [1.165, 1.54) is 0 Å². The Kier molecular flexibility index (Phi) is 4.83. The van der Waals surface area contributed by atoms with Crippen molar-refractivity contribution in [3.63, 3.8) is 0 Å². The van der Waals surface area contributed by atoms with Gasteiger partial charge in [0.05, 0.1) is 5.92 Å². The van der Waals surface area contributed by atoms with Gasteiger partial charge in [-0.05, 0) is 37.3 Å². The second-order valence-electron chi connectivity index (χ2n) is 5.69. The molecular formula is C16H23NO2. The molecule has 104 valence electrons. The molecule has 0 atom stereocenters. The van der Waals surface area contributed by atoms with Crippen molar-refractivity contribution in [1.29, 1.82) is 0 Å². The quantitative estimate of drug-likeness (QED) is 0.624. The summed E-state index contributed by atoms with van der Waals surface area (Å²) in [5.74, 6) is 1.38. The number of benzene rings is 1. The lowest BCUT2D eigenvalue weighted by molar-refractivity contribution is -0.141. The third-order valence-electron chi connectivity index (χ3n) is 3.54. The second kappa shape index (κ2) is 6.60. The average molecular weight is 261 g/mol. The third-order valence-corrected chi connectivity index (χ3v) is 3.54. The van der Waals surface area contributed by atoms with Crippen LogP contribution >= 0.6 is 0 Å². The normalized spacial score (nSPS) is 15.1. The summed E-state index contributed by atoms with van der Waals surface area (Å²) < 4.78 is 5.41. The second-order valence-corrected chi connectivity index (χ2v) is 5.69. The predicted octanol–water partition coefficient (Wildman–Crippen LogP) is 3.85. The van der Waals surface area contributed by atoms with Crippen LogP contribution in [-0.4, -0.2) is 12.5 Å². The first-order valence-corrected chi connectivity index (χ1v) is 7.21. The Balaban J connectivity index is 1.85. The fourth-order valence-corrected chi connectivity index (χ4v) is 2.02. The van der Waals surface area contributed by atoms with Gasteiger partial charge in [0.25, 0.3) is 0 Å². The molecule has 0 aliphatic heterocycles. The molecule has 1 saturated carbocycles. The molecule has 1 fully saturated rings. The van der Waals surface area contributed by atoms with Gasteiger partial charge in [0, 0.05) is 18.3 Å². The molecule has 1 aromatic carbocycles. The van der Waals surface area contributed by atoms with E-state index in [1.807, 2.05) is 24.3 Å². The first kappa shape index (κ1) is 13.9. The Bertz CT molecular complexity index is 425. The number of esters is 1. The smallest absolute Gasteiger partial charge is 0.314 e. The number of hydrogen-bond donors (Lipinski definition) is 1. The van der Waals surface area contributed by atoms with E-state index in [1.54, 1.807) is 0 Å². The summed E-state index contributed by atoms with van der Waals surface area (Å²) in [6.07, 6.45) is 4.24. The van der Waals surface area contributed by atoms with Gasteiger partial charge in [-0.2, -0.15) is 0 Å². The van der Waals surface area contributed by atoms with Crippen LogP contribution < -0.4 is 10.1 Å². The zero-order chi connectivity index (χ0) is 13.7. The summed E-state index contributed by atoms with van der Waals surface area (Å²) in [6.45, 7) is 5.36. The molecule has 3 nitrogen and oxygen atoms in total. The number of hydrogen-bond acceptors (Lipinski definition) is 3. The monoisotopic (exact) mass is 261 g/mol. The molecule has 0 spiro atoms. The van der Waals surface area contributed by atoms with Gasteiger partial charge in [-0.3, -0.25) is 4.79 Å². The van der Waals surface area contributed by atoms with E-state index in [4.69, 9.17) is 4.74 Å². The van der Waals surface area contributed by atoms with Crippen molar-refractivity contribution in [1.82, 2.24) is 0 Å². The highest BCUT2D eigenvalue weighted by Crippen LogP contribution is 2.28. The van der Waals surface area contributed by atoms with Crippen LogP contribution in [0, 0.1) is 11.8 Å². The molecule has 1 aliphatic carbocycles. The van der Waals surface area contributed by atoms with Crippen LogP contribution in [-0.2, 0) is 4.79 Å². The molecule has 0 saturated heterocycles. The van der Waals surface area contributed by atoms with Crippen LogP contribution in [0.5, 0.6) is 5.75 Å². The van der Waals surface area contributed by atoms with Crippen molar-refractivity contribution in [3.05, 3.63) is 24.3 Å². The summed E-state index contributed by atoms with van der Waals surface area (Å²) >= 11 is 0. The van der Waals surface area contributed by atoms with Crippen molar-refractivity contribution in [3.8, 4) is 5.75 Å². The van der Waals surface area contributed by atoms with Crippen LogP contribution in [0.1, 0.15) is 39.5 Å². The summed E-state index contributed by atoms with van der Waals surface area (Å²) in [5, 5.41) is 3.36. The summed E-state index contributed by atoms with van der Waals surface area (Å²) in [4.78, 5) is 11.8. The Morgan fingerprint density at radius 1 is 1.42 bits per heavy atom. The molecule has 0 amide bonds. The van der Waals surface area contributed by atoms with Gasteiger partial charge in [0.15, 0.2) is 0 Å². The van der Waals surface area contributed by atoms with Crippen LogP contribution in [0.2, 0.25) is 0 Å². The van der Waals surface area contributed by atoms with Crippen LogP contribution in [0.4, 0.5) is 5.69 Å². The van der Waals surface area contributed by atoms with Crippen molar-refractivity contribution in [2.24, 2.45) is 11.8 Å². The zero-order valence-electron chi connectivity index (χ0n) is 11.8. The van der Waals surface area contributed by atoms with E-state index in [-0.39, 0.29) is 11.9 Å². The van der Waals surface area contributed by atoms with E-state index in [0.717, 1.165) is 37.9 Å². The molecule has 19 heavy (non-hydrogen) atoms. The molecule has 0 heterocycles. The maximum absolute atomic E-state index is 11.8. The topological polar surface area (TPSA) is 38.3 Å². The molecular weight excluding hydrogens is 238 g/mol. The molecule has 0 radical (unpaired) electrons. The minimum absolute atomic E-state index is 0.0782. The predicted molar refractivity (Wildman–Crippen MR) is 77.4 cm³/mol. The number of rotatable bonds is 6. The highest BCUT2D eigenvalue weighted by molar-refractivity contribution is 5.76. The number of nitrogens with one attached hydrogen (secondary N) is 1. The minimum atomic E-state index is -0.0782. The maximum Gasteiger partial charge on any atom is 0.314 e. The van der Waals surface area contributed by atoms with Crippen molar-refractivity contribution >= 4 is 11.7 Å². The summed E-state index contributed by atoms with van der Waals surface area (Å²) in [5.41, 5.74) is 1.01. The molecule has 0 unspecified atom stereocenters. The Morgan fingerprint density at radius 3 is 2.84 bits per heavy atom. The van der Waals surface area contributed by atoms with E-state index >= 15 is 0 Å². The van der Waals surface area contributed by atoms with Gasteiger partial charge >= 0.3 is 5.97 Å². The molecule has 1 aromatic rings. The molecule has 0 bridgehead atoms. The van der Waals surface area contributed by atoms with Crippen molar-refractivity contribution in [2.45, 2.75) is 39.5 Å². The van der Waals surface area contributed by atoms with Gasteiger partial charge in [-0.15, -0.1) is 0 Å². The summed E-state index contributed by atoms with van der Waals surface area (Å²) in [7, 11) is 0. The van der Waals surface area contributed by atoms with Gasteiger partial charge in [0.2, 0.25) is 0 Å². The number of carbonyl (C=O) groups excluding carboxylic acids is 1. The van der Waals surface area contributed by atoms with Gasteiger partial charge in [-0.25, -0.2) is 0 Å². The fourth-order valence-electron chi connectivity index (χ4n) is 2.02. The van der Waals surface area contributed by atoms with Crippen molar-refractivity contribution in [2.75, 3.05) is 11.9 Å². The Hall–Kier alpha value is -1.51. The third kappa shape index (κ3) is 4.27. The molecule has 2 rings (SSSR count). The highest BCUT2D eigenvalue weighted by Gasteiger charge is 2.27.